The number of non-ortho nitro benzene ring substituents is 1. The second kappa shape index (κ2) is 5.26. The molecular formula is C13H17BrN2O2. The average Bonchev–Trinajstić information content (AvgIpc) is 2.30. The van der Waals surface area contributed by atoms with Gasteiger partial charge in [0.25, 0.3) is 5.69 Å². The third-order valence-electron chi connectivity index (χ3n) is 3.55. The van der Waals surface area contributed by atoms with Crippen molar-refractivity contribution in [3.05, 3.63) is 32.3 Å². The van der Waals surface area contributed by atoms with Gasteiger partial charge in [0.05, 0.1) is 10.6 Å². The van der Waals surface area contributed by atoms with Gasteiger partial charge in [-0.05, 0) is 47.2 Å². The molecule has 0 atom stereocenters. The third-order valence-corrected chi connectivity index (χ3v) is 4.15. The van der Waals surface area contributed by atoms with Crippen LogP contribution in [0.3, 0.4) is 0 Å². The first-order valence-electron chi connectivity index (χ1n) is 6.18. The van der Waals surface area contributed by atoms with Crippen molar-refractivity contribution in [1.82, 2.24) is 0 Å². The highest BCUT2D eigenvalue weighted by atomic mass is 79.9. The van der Waals surface area contributed by atoms with Crippen LogP contribution in [-0.4, -0.2) is 18.0 Å². The smallest absolute Gasteiger partial charge is 0.270 e. The van der Waals surface area contributed by atoms with Crippen LogP contribution in [0.4, 0.5) is 11.4 Å². The van der Waals surface area contributed by atoms with Gasteiger partial charge < -0.3 is 4.90 Å². The van der Waals surface area contributed by atoms with Crippen LogP contribution in [0.5, 0.6) is 0 Å². The van der Waals surface area contributed by atoms with Crippen LogP contribution in [0, 0.1) is 23.0 Å². The molecule has 98 valence electrons. The molecule has 2 rings (SSSR count). The first kappa shape index (κ1) is 13.3. The summed E-state index contributed by atoms with van der Waals surface area (Å²) in [5, 5.41) is 10.8. The Hall–Kier alpha value is -1.10. The van der Waals surface area contributed by atoms with Crippen molar-refractivity contribution in [2.75, 3.05) is 18.0 Å². The zero-order valence-corrected chi connectivity index (χ0v) is 12.2. The Labute approximate surface area is 115 Å². The lowest BCUT2D eigenvalue weighted by atomic mass is 9.98. The van der Waals surface area contributed by atoms with Crippen molar-refractivity contribution in [2.24, 2.45) is 5.92 Å². The fourth-order valence-electron chi connectivity index (χ4n) is 2.46. The number of hydrogen-bond donors (Lipinski definition) is 0. The zero-order valence-electron chi connectivity index (χ0n) is 10.6. The maximum Gasteiger partial charge on any atom is 0.270 e. The average molecular weight is 313 g/mol. The van der Waals surface area contributed by atoms with Gasteiger partial charge in [-0.2, -0.15) is 0 Å². The molecule has 1 heterocycles. The predicted octanol–water partition coefficient (Wildman–Crippen LogP) is 3.90. The van der Waals surface area contributed by atoms with E-state index in [1.807, 2.05) is 6.92 Å². The molecule has 1 aromatic rings. The molecule has 0 bridgehead atoms. The minimum atomic E-state index is -0.347. The SMILES string of the molecule is Cc1cc([N+](=O)[O-])cc(Br)c1N1CCC(C)CC1. The Morgan fingerprint density at radius 3 is 2.50 bits per heavy atom. The lowest BCUT2D eigenvalue weighted by molar-refractivity contribution is -0.385. The summed E-state index contributed by atoms with van der Waals surface area (Å²) < 4.78 is 0.823. The Morgan fingerprint density at radius 2 is 2.00 bits per heavy atom. The van der Waals surface area contributed by atoms with E-state index >= 15 is 0 Å². The number of nitro benzene ring substituents is 1. The number of rotatable bonds is 2. The number of anilines is 1. The summed E-state index contributed by atoms with van der Waals surface area (Å²) in [6, 6.07) is 3.25. The fourth-order valence-corrected chi connectivity index (χ4v) is 3.25. The molecule has 0 unspecified atom stereocenters. The molecule has 1 aromatic carbocycles. The van der Waals surface area contributed by atoms with Gasteiger partial charge in [0.1, 0.15) is 0 Å². The molecule has 4 nitrogen and oxygen atoms in total. The molecular weight excluding hydrogens is 296 g/mol. The van der Waals surface area contributed by atoms with Crippen molar-refractivity contribution in [3.8, 4) is 0 Å². The van der Waals surface area contributed by atoms with Gasteiger partial charge in [-0.1, -0.05) is 6.92 Å². The van der Waals surface area contributed by atoms with Crippen molar-refractivity contribution in [1.29, 1.82) is 0 Å². The van der Waals surface area contributed by atoms with Gasteiger partial charge in [0.15, 0.2) is 0 Å². The molecule has 0 N–H and O–H groups in total. The van der Waals surface area contributed by atoms with E-state index < -0.39 is 0 Å². The Bertz CT molecular complexity index is 445. The van der Waals surface area contributed by atoms with Crippen molar-refractivity contribution in [3.63, 3.8) is 0 Å². The van der Waals surface area contributed by atoms with Crippen LogP contribution in [0.1, 0.15) is 25.3 Å². The van der Waals surface area contributed by atoms with E-state index in [1.165, 1.54) is 12.8 Å². The largest absolute Gasteiger partial charge is 0.370 e. The minimum absolute atomic E-state index is 0.147. The molecule has 0 radical (unpaired) electrons. The summed E-state index contributed by atoms with van der Waals surface area (Å²) in [6.07, 6.45) is 2.37. The van der Waals surface area contributed by atoms with Gasteiger partial charge in [-0.3, -0.25) is 10.1 Å². The van der Waals surface area contributed by atoms with Crippen molar-refractivity contribution >= 4 is 27.3 Å². The quantitative estimate of drug-likeness (QED) is 0.614. The summed E-state index contributed by atoms with van der Waals surface area (Å²) >= 11 is 3.47. The van der Waals surface area contributed by atoms with Gasteiger partial charge >= 0.3 is 0 Å². The topological polar surface area (TPSA) is 46.4 Å². The predicted molar refractivity (Wildman–Crippen MR) is 76.1 cm³/mol. The molecule has 0 amide bonds. The second-order valence-corrected chi connectivity index (χ2v) is 5.87. The van der Waals surface area contributed by atoms with Crippen LogP contribution in [0.25, 0.3) is 0 Å². The third kappa shape index (κ3) is 2.66. The first-order chi connectivity index (χ1) is 8.49. The van der Waals surface area contributed by atoms with E-state index in [1.54, 1.807) is 12.1 Å². The number of nitrogens with zero attached hydrogens (tertiary/aromatic N) is 2. The van der Waals surface area contributed by atoms with Crippen LogP contribution in [-0.2, 0) is 0 Å². The summed E-state index contributed by atoms with van der Waals surface area (Å²) in [5.41, 5.74) is 2.21. The normalized spacial score (nSPS) is 16.9. The van der Waals surface area contributed by atoms with E-state index in [-0.39, 0.29) is 10.6 Å². The monoisotopic (exact) mass is 312 g/mol. The van der Waals surface area contributed by atoms with Crippen LogP contribution < -0.4 is 4.90 Å². The van der Waals surface area contributed by atoms with Gasteiger partial charge in [-0.15, -0.1) is 0 Å². The molecule has 18 heavy (non-hydrogen) atoms. The van der Waals surface area contributed by atoms with Crippen LogP contribution in [0.2, 0.25) is 0 Å². The Morgan fingerprint density at radius 1 is 1.39 bits per heavy atom. The first-order valence-corrected chi connectivity index (χ1v) is 6.98. The lowest BCUT2D eigenvalue weighted by Gasteiger charge is -2.33. The minimum Gasteiger partial charge on any atom is -0.370 e. The highest BCUT2D eigenvalue weighted by Crippen LogP contribution is 2.35. The lowest BCUT2D eigenvalue weighted by Crippen LogP contribution is -2.33. The molecule has 1 aliphatic heterocycles. The van der Waals surface area contributed by atoms with Gasteiger partial charge in [-0.25, -0.2) is 0 Å². The summed E-state index contributed by atoms with van der Waals surface area (Å²) in [4.78, 5) is 12.8. The highest BCUT2D eigenvalue weighted by Gasteiger charge is 2.21. The van der Waals surface area contributed by atoms with E-state index in [9.17, 15) is 10.1 Å². The van der Waals surface area contributed by atoms with Crippen LogP contribution in [0.15, 0.2) is 16.6 Å². The van der Waals surface area contributed by atoms with E-state index in [4.69, 9.17) is 0 Å². The molecule has 0 aromatic heterocycles. The summed E-state index contributed by atoms with van der Waals surface area (Å²) in [5.74, 6) is 0.776. The number of halogens is 1. The molecule has 1 fully saturated rings. The van der Waals surface area contributed by atoms with Crippen molar-refractivity contribution < 1.29 is 4.92 Å². The number of piperidine rings is 1. The number of hydrogen-bond acceptors (Lipinski definition) is 3. The number of nitro groups is 1. The molecule has 0 spiro atoms. The van der Waals surface area contributed by atoms with E-state index in [2.05, 4.69) is 27.8 Å². The maximum absolute atomic E-state index is 10.8. The van der Waals surface area contributed by atoms with E-state index in [0.29, 0.717) is 0 Å². The molecule has 0 saturated carbocycles. The maximum atomic E-state index is 10.8. The Kier molecular flexibility index (Phi) is 3.90. The molecule has 5 heteroatoms. The second-order valence-electron chi connectivity index (χ2n) is 5.02. The molecule has 1 saturated heterocycles. The molecule has 1 aliphatic rings. The van der Waals surface area contributed by atoms with Gasteiger partial charge in [0, 0.05) is 29.7 Å². The number of benzene rings is 1. The highest BCUT2D eigenvalue weighted by molar-refractivity contribution is 9.10. The van der Waals surface area contributed by atoms with Crippen LogP contribution >= 0.6 is 15.9 Å². The fraction of sp³-hybridized carbons (Fsp3) is 0.538. The number of aryl methyl sites for hydroxylation is 1. The van der Waals surface area contributed by atoms with Gasteiger partial charge in [0.2, 0.25) is 0 Å². The summed E-state index contributed by atoms with van der Waals surface area (Å²) in [6.45, 7) is 6.26. The van der Waals surface area contributed by atoms with E-state index in [0.717, 1.165) is 34.7 Å². The summed E-state index contributed by atoms with van der Waals surface area (Å²) in [7, 11) is 0. The van der Waals surface area contributed by atoms with Crippen molar-refractivity contribution in [2.45, 2.75) is 26.7 Å². The zero-order chi connectivity index (χ0) is 13.3. The standard InChI is InChI=1S/C13H17BrN2O2/c1-9-3-5-15(6-4-9)13-10(2)7-11(16(17)18)8-12(13)14/h7-9H,3-6H2,1-2H3. The molecule has 0 aliphatic carbocycles. The Balaban J connectivity index is 2.31.